The maximum absolute atomic E-state index is 6.14. The van der Waals surface area contributed by atoms with Crippen LogP contribution in [0.4, 0.5) is 0 Å². The minimum atomic E-state index is 0.382. The summed E-state index contributed by atoms with van der Waals surface area (Å²) in [4.78, 5) is 0. The molecule has 0 aromatic carbocycles. The average molecular weight is 169 g/mol. The zero-order valence-electron chi connectivity index (χ0n) is 8.34. The summed E-state index contributed by atoms with van der Waals surface area (Å²) in [5, 5.41) is 0. The molecule has 0 radical (unpaired) electrons. The molecular formula is C10H21N2+. The van der Waals surface area contributed by atoms with Gasteiger partial charge >= 0.3 is 0 Å². The van der Waals surface area contributed by atoms with E-state index in [0.717, 1.165) is 0 Å². The lowest BCUT2D eigenvalue weighted by Crippen LogP contribution is -2.61. The molecule has 70 valence electrons. The lowest BCUT2D eigenvalue weighted by atomic mass is 9.86. The fraction of sp³-hybridized carbons (Fsp3) is 1.00. The third-order valence-electron chi connectivity index (χ3n) is 4.45. The van der Waals surface area contributed by atoms with Gasteiger partial charge in [0.25, 0.3) is 0 Å². The van der Waals surface area contributed by atoms with Crippen LogP contribution in [0.15, 0.2) is 0 Å². The normalized spacial score (nSPS) is 49.2. The second-order valence-electron chi connectivity index (χ2n) is 4.94. The Morgan fingerprint density at radius 2 is 1.75 bits per heavy atom. The highest BCUT2D eigenvalue weighted by Crippen LogP contribution is 2.45. The molecule has 0 amide bonds. The van der Waals surface area contributed by atoms with Crippen LogP contribution in [0.1, 0.15) is 32.6 Å². The Hall–Kier alpha value is -0.0800. The van der Waals surface area contributed by atoms with Crippen LogP contribution in [0, 0.1) is 0 Å². The molecule has 2 N–H and O–H groups in total. The first kappa shape index (κ1) is 8.52. The van der Waals surface area contributed by atoms with Gasteiger partial charge in [0, 0.05) is 25.7 Å². The molecule has 0 spiro atoms. The average Bonchev–Trinajstić information content (AvgIpc) is 2.41. The van der Waals surface area contributed by atoms with E-state index in [-0.39, 0.29) is 0 Å². The summed E-state index contributed by atoms with van der Waals surface area (Å²) in [6.45, 7) is 4.93. The first-order valence-electron chi connectivity index (χ1n) is 5.21. The van der Waals surface area contributed by atoms with Crippen molar-refractivity contribution >= 4 is 0 Å². The quantitative estimate of drug-likeness (QED) is 0.585. The summed E-state index contributed by atoms with van der Waals surface area (Å²) in [6, 6.07) is 0.382. The summed E-state index contributed by atoms with van der Waals surface area (Å²) >= 11 is 0. The van der Waals surface area contributed by atoms with Gasteiger partial charge in [-0.2, -0.15) is 0 Å². The lowest BCUT2D eigenvalue weighted by molar-refractivity contribution is -0.934. The molecule has 2 heterocycles. The number of nitrogens with two attached hydrogens (primary N) is 1. The second kappa shape index (κ2) is 2.46. The Labute approximate surface area is 75.3 Å². The van der Waals surface area contributed by atoms with E-state index < -0.39 is 0 Å². The first-order valence-corrected chi connectivity index (χ1v) is 5.21. The number of nitrogens with zero attached hydrogens (tertiary/aromatic N) is 1. The summed E-state index contributed by atoms with van der Waals surface area (Å²) in [6.07, 6.45) is 5.50. The number of fused-ring (bicyclic) bond motifs is 1. The molecule has 2 saturated heterocycles. The monoisotopic (exact) mass is 169 g/mol. The van der Waals surface area contributed by atoms with Gasteiger partial charge in [0.15, 0.2) is 0 Å². The molecule has 2 fully saturated rings. The first-order chi connectivity index (χ1) is 5.61. The molecule has 2 heteroatoms. The molecule has 12 heavy (non-hydrogen) atoms. The second-order valence-corrected chi connectivity index (χ2v) is 4.94. The van der Waals surface area contributed by atoms with Gasteiger partial charge in [-0.15, -0.1) is 0 Å². The molecule has 2 nitrogen and oxygen atoms in total. The molecular weight excluding hydrogens is 148 g/mol. The highest BCUT2D eigenvalue weighted by molar-refractivity contribution is 4.96. The fourth-order valence-corrected chi connectivity index (χ4v) is 3.64. The van der Waals surface area contributed by atoms with Gasteiger partial charge < -0.3 is 10.2 Å². The number of rotatable bonds is 1. The van der Waals surface area contributed by atoms with Gasteiger partial charge in [-0.25, -0.2) is 0 Å². The van der Waals surface area contributed by atoms with Crippen LogP contribution >= 0.6 is 0 Å². The van der Waals surface area contributed by atoms with Crippen molar-refractivity contribution in [3.8, 4) is 0 Å². The van der Waals surface area contributed by atoms with Crippen molar-refractivity contribution in [1.82, 2.24) is 0 Å². The fourth-order valence-electron chi connectivity index (χ4n) is 3.64. The van der Waals surface area contributed by atoms with Gasteiger partial charge in [0.1, 0.15) is 5.54 Å². The van der Waals surface area contributed by atoms with E-state index in [0.29, 0.717) is 11.6 Å². The van der Waals surface area contributed by atoms with E-state index in [9.17, 15) is 0 Å². The van der Waals surface area contributed by atoms with E-state index in [1.54, 1.807) is 0 Å². The topological polar surface area (TPSA) is 26.0 Å². The molecule has 1 atom stereocenters. The van der Waals surface area contributed by atoms with E-state index in [1.807, 2.05) is 0 Å². The Kier molecular flexibility index (Phi) is 1.74. The Morgan fingerprint density at radius 1 is 1.25 bits per heavy atom. The largest absolute Gasteiger partial charge is 0.323 e. The standard InChI is InChI=1S/C10H21N2/c1-9(11)10-5-3-7-12(10,2)8-4-6-10/h9H,3-8,11H2,1-2H3/q+1. The van der Waals surface area contributed by atoms with Crippen LogP contribution < -0.4 is 5.73 Å². The summed E-state index contributed by atoms with van der Waals surface area (Å²) in [5.74, 6) is 0. The van der Waals surface area contributed by atoms with Crippen molar-refractivity contribution in [2.24, 2.45) is 5.73 Å². The predicted octanol–water partition coefficient (Wildman–Crippen LogP) is 1.11. The lowest BCUT2D eigenvalue weighted by Gasteiger charge is -2.43. The third-order valence-corrected chi connectivity index (χ3v) is 4.45. The Bertz CT molecular complexity index is 176. The van der Waals surface area contributed by atoms with Crippen LogP contribution in [0.25, 0.3) is 0 Å². The Morgan fingerprint density at radius 3 is 2.08 bits per heavy atom. The molecule has 2 aliphatic heterocycles. The molecule has 0 saturated carbocycles. The zero-order chi connectivity index (χ0) is 8.82. The van der Waals surface area contributed by atoms with Crippen molar-refractivity contribution in [2.75, 3.05) is 20.1 Å². The smallest absolute Gasteiger partial charge is 0.114 e. The predicted molar refractivity (Wildman–Crippen MR) is 50.8 cm³/mol. The summed E-state index contributed by atoms with van der Waals surface area (Å²) < 4.78 is 1.27. The van der Waals surface area contributed by atoms with Crippen molar-refractivity contribution in [2.45, 2.75) is 44.2 Å². The van der Waals surface area contributed by atoms with E-state index in [4.69, 9.17) is 5.73 Å². The van der Waals surface area contributed by atoms with Gasteiger partial charge in [-0.1, -0.05) is 0 Å². The summed E-state index contributed by atoms with van der Waals surface area (Å²) in [5.41, 5.74) is 6.60. The molecule has 0 aliphatic carbocycles. The zero-order valence-corrected chi connectivity index (χ0v) is 8.34. The molecule has 2 aliphatic rings. The van der Waals surface area contributed by atoms with Crippen LogP contribution in [0.3, 0.4) is 0 Å². The van der Waals surface area contributed by atoms with Crippen molar-refractivity contribution in [1.29, 1.82) is 0 Å². The molecule has 2 rings (SSSR count). The van der Waals surface area contributed by atoms with Gasteiger partial charge in [0.05, 0.1) is 26.2 Å². The van der Waals surface area contributed by atoms with Crippen LogP contribution in [0.5, 0.6) is 0 Å². The minimum Gasteiger partial charge on any atom is -0.323 e. The van der Waals surface area contributed by atoms with Gasteiger partial charge in [-0.05, 0) is 6.92 Å². The van der Waals surface area contributed by atoms with E-state index in [2.05, 4.69) is 14.0 Å². The van der Waals surface area contributed by atoms with Gasteiger partial charge in [0.2, 0.25) is 0 Å². The van der Waals surface area contributed by atoms with Crippen molar-refractivity contribution in [3.63, 3.8) is 0 Å². The number of likely N-dealkylation sites (N-methyl/N-ethyl adjacent to an activating group) is 1. The molecule has 0 bridgehead atoms. The number of hydrogen-bond donors (Lipinski definition) is 1. The summed E-state index contributed by atoms with van der Waals surface area (Å²) in [7, 11) is 2.41. The molecule has 0 aromatic rings. The number of quaternary nitrogens is 1. The van der Waals surface area contributed by atoms with Crippen molar-refractivity contribution < 1.29 is 4.48 Å². The third kappa shape index (κ3) is 0.826. The highest BCUT2D eigenvalue weighted by Gasteiger charge is 2.57. The minimum absolute atomic E-state index is 0.382. The SMILES string of the molecule is CC(N)C12CCC[N+]1(C)CCC2. The van der Waals surface area contributed by atoms with Crippen LogP contribution in [-0.2, 0) is 0 Å². The van der Waals surface area contributed by atoms with Crippen molar-refractivity contribution in [3.05, 3.63) is 0 Å². The maximum atomic E-state index is 6.14. The van der Waals surface area contributed by atoms with Crippen LogP contribution in [-0.4, -0.2) is 36.2 Å². The highest BCUT2D eigenvalue weighted by atomic mass is 15.4. The van der Waals surface area contributed by atoms with Gasteiger partial charge in [-0.3, -0.25) is 0 Å². The van der Waals surface area contributed by atoms with E-state index >= 15 is 0 Å². The van der Waals surface area contributed by atoms with Crippen LogP contribution in [0.2, 0.25) is 0 Å². The van der Waals surface area contributed by atoms with E-state index in [1.165, 1.54) is 43.3 Å². The molecule has 0 aromatic heterocycles. The maximum Gasteiger partial charge on any atom is 0.114 e. The Balaban J connectivity index is 2.32. The number of hydrogen-bond acceptors (Lipinski definition) is 1. The molecule has 1 unspecified atom stereocenters.